The Hall–Kier alpha value is -1.13. The Morgan fingerprint density at radius 2 is 2.00 bits per heavy atom. The molecule has 1 aromatic heterocycles. The molecule has 4 nitrogen and oxygen atoms in total. The highest BCUT2D eigenvalue weighted by Crippen LogP contribution is 1.79. The summed E-state index contributed by atoms with van der Waals surface area (Å²) in [4.78, 5) is 12.9. The Kier molecular flexibility index (Phi) is 4.90. The smallest absolute Gasteiger partial charge is 0.138 e. The fourth-order valence-electron chi connectivity index (χ4n) is 1.05. The molecule has 13 heavy (non-hydrogen) atoms. The number of carbonyl (C=O) groups excluding carboxylic acids is 1. The number of hydrogen-bond donors (Lipinski definition) is 3. The van der Waals surface area contributed by atoms with Crippen molar-refractivity contribution < 1.29 is 4.79 Å². The average molecular weight is 181 g/mol. The minimum Gasteiger partial charge on any atom is -0.368 e. The molecule has 0 bridgehead atoms. The van der Waals surface area contributed by atoms with Crippen molar-refractivity contribution in [2.24, 2.45) is 0 Å². The van der Waals surface area contributed by atoms with Crippen molar-refractivity contribution in [1.29, 1.82) is 0 Å². The van der Waals surface area contributed by atoms with Gasteiger partial charge in [-0.25, -0.2) is 0 Å². The lowest BCUT2D eigenvalue weighted by Crippen LogP contribution is -2.48. The minimum atomic E-state index is 0.0451. The number of H-pyrrole nitrogens is 1. The number of aromatic nitrogens is 1. The van der Waals surface area contributed by atoms with Crippen LogP contribution in [0.5, 0.6) is 0 Å². The molecule has 3 N–H and O–H groups in total. The van der Waals surface area contributed by atoms with E-state index in [1.54, 1.807) is 0 Å². The largest absolute Gasteiger partial charge is 0.368 e. The summed E-state index contributed by atoms with van der Waals surface area (Å²) >= 11 is 0. The van der Waals surface area contributed by atoms with Gasteiger partial charge in [-0.3, -0.25) is 0 Å². The predicted octanol–water partition coefficient (Wildman–Crippen LogP) is -0.239. The van der Waals surface area contributed by atoms with Crippen molar-refractivity contribution in [3.63, 3.8) is 0 Å². The molecule has 1 aliphatic rings. The third-order valence-electron chi connectivity index (χ3n) is 1.73. The molecule has 0 saturated carbocycles. The molecule has 0 amide bonds. The SMILES string of the molecule is O=CC1CNCCN1.c1cc[nH]c1. The minimum absolute atomic E-state index is 0.0451. The van der Waals surface area contributed by atoms with E-state index in [4.69, 9.17) is 0 Å². The fraction of sp³-hybridized carbons (Fsp3) is 0.444. The first kappa shape index (κ1) is 9.95. The first-order valence-electron chi connectivity index (χ1n) is 4.40. The van der Waals surface area contributed by atoms with E-state index in [-0.39, 0.29) is 6.04 Å². The first-order valence-corrected chi connectivity index (χ1v) is 4.40. The van der Waals surface area contributed by atoms with E-state index in [9.17, 15) is 4.79 Å². The van der Waals surface area contributed by atoms with Gasteiger partial charge in [0.2, 0.25) is 0 Å². The maximum absolute atomic E-state index is 10.1. The van der Waals surface area contributed by atoms with Crippen molar-refractivity contribution in [3.8, 4) is 0 Å². The van der Waals surface area contributed by atoms with Gasteiger partial charge < -0.3 is 20.4 Å². The molecule has 0 radical (unpaired) electrons. The van der Waals surface area contributed by atoms with E-state index in [1.165, 1.54) is 0 Å². The van der Waals surface area contributed by atoms with E-state index < -0.39 is 0 Å². The molecule has 1 aliphatic heterocycles. The maximum atomic E-state index is 10.1. The molecule has 2 heterocycles. The van der Waals surface area contributed by atoms with E-state index in [2.05, 4.69) is 15.6 Å². The number of nitrogens with one attached hydrogen (secondary N) is 3. The van der Waals surface area contributed by atoms with Crippen LogP contribution in [0.2, 0.25) is 0 Å². The molecule has 1 unspecified atom stereocenters. The second-order valence-corrected chi connectivity index (χ2v) is 2.79. The molecule has 4 heteroatoms. The van der Waals surface area contributed by atoms with Crippen LogP contribution in [0, 0.1) is 0 Å². The van der Waals surface area contributed by atoms with Crippen molar-refractivity contribution >= 4 is 6.29 Å². The highest BCUT2D eigenvalue weighted by molar-refractivity contribution is 5.58. The van der Waals surface area contributed by atoms with Crippen LogP contribution in [0.3, 0.4) is 0 Å². The van der Waals surface area contributed by atoms with Crippen LogP contribution in [0.15, 0.2) is 24.5 Å². The third kappa shape index (κ3) is 4.45. The zero-order valence-electron chi connectivity index (χ0n) is 7.49. The Bertz CT molecular complexity index is 187. The molecule has 0 spiro atoms. The zero-order chi connectivity index (χ0) is 9.36. The second-order valence-electron chi connectivity index (χ2n) is 2.79. The fourth-order valence-corrected chi connectivity index (χ4v) is 1.05. The highest BCUT2D eigenvalue weighted by atomic mass is 16.1. The van der Waals surface area contributed by atoms with Gasteiger partial charge in [0, 0.05) is 32.0 Å². The van der Waals surface area contributed by atoms with Gasteiger partial charge in [-0.1, -0.05) is 0 Å². The lowest BCUT2D eigenvalue weighted by atomic mass is 10.3. The summed E-state index contributed by atoms with van der Waals surface area (Å²) in [6.45, 7) is 2.66. The van der Waals surface area contributed by atoms with Gasteiger partial charge in [0.1, 0.15) is 6.29 Å². The molecule has 1 saturated heterocycles. The molecule has 1 fully saturated rings. The molecule has 2 rings (SSSR count). The topological polar surface area (TPSA) is 56.9 Å². The number of rotatable bonds is 1. The summed E-state index contributed by atoms with van der Waals surface area (Å²) in [5.41, 5.74) is 0. The van der Waals surface area contributed by atoms with Gasteiger partial charge >= 0.3 is 0 Å². The Morgan fingerprint density at radius 1 is 1.23 bits per heavy atom. The van der Waals surface area contributed by atoms with Crippen molar-refractivity contribution in [3.05, 3.63) is 24.5 Å². The van der Waals surface area contributed by atoms with Gasteiger partial charge in [0.25, 0.3) is 0 Å². The zero-order valence-corrected chi connectivity index (χ0v) is 7.49. The molecule has 1 atom stereocenters. The second kappa shape index (κ2) is 6.39. The number of carbonyl (C=O) groups is 1. The standard InChI is InChI=1S/C5H10N2O.C4H5N/c8-4-5-3-6-1-2-7-5;1-2-4-5-3-1/h4-7H,1-3H2;1-5H. The van der Waals surface area contributed by atoms with Crippen LogP contribution in [-0.2, 0) is 4.79 Å². The monoisotopic (exact) mass is 181 g/mol. The predicted molar refractivity (Wildman–Crippen MR) is 51.5 cm³/mol. The van der Waals surface area contributed by atoms with Crippen molar-refractivity contribution in [1.82, 2.24) is 15.6 Å². The Balaban J connectivity index is 0.000000145. The number of aromatic amines is 1. The lowest BCUT2D eigenvalue weighted by Gasteiger charge is -2.18. The molecular formula is C9H15N3O. The number of aldehydes is 1. The van der Waals surface area contributed by atoms with E-state index >= 15 is 0 Å². The van der Waals surface area contributed by atoms with Crippen LogP contribution in [0.1, 0.15) is 0 Å². The summed E-state index contributed by atoms with van der Waals surface area (Å²) in [7, 11) is 0. The summed E-state index contributed by atoms with van der Waals surface area (Å²) in [5.74, 6) is 0. The normalized spacial score (nSPS) is 21.4. The summed E-state index contributed by atoms with van der Waals surface area (Å²) < 4.78 is 0. The van der Waals surface area contributed by atoms with Crippen LogP contribution in [-0.4, -0.2) is 36.9 Å². The summed E-state index contributed by atoms with van der Waals surface area (Å²) in [5, 5.41) is 6.13. The average Bonchev–Trinajstić information content (AvgIpc) is 2.77. The first-order chi connectivity index (χ1) is 6.43. The van der Waals surface area contributed by atoms with Gasteiger partial charge in [-0.2, -0.15) is 0 Å². The summed E-state index contributed by atoms with van der Waals surface area (Å²) in [6.07, 6.45) is 4.69. The molecular weight excluding hydrogens is 166 g/mol. The van der Waals surface area contributed by atoms with E-state index in [1.807, 2.05) is 24.5 Å². The van der Waals surface area contributed by atoms with Crippen LogP contribution in [0.25, 0.3) is 0 Å². The number of piperazine rings is 1. The lowest BCUT2D eigenvalue weighted by molar-refractivity contribution is -0.109. The van der Waals surface area contributed by atoms with Gasteiger partial charge in [-0.05, 0) is 12.1 Å². The highest BCUT2D eigenvalue weighted by Gasteiger charge is 2.08. The Morgan fingerprint density at radius 3 is 2.31 bits per heavy atom. The van der Waals surface area contributed by atoms with Gasteiger partial charge in [0.05, 0.1) is 6.04 Å². The van der Waals surface area contributed by atoms with Crippen LogP contribution >= 0.6 is 0 Å². The van der Waals surface area contributed by atoms with E-state index in [0.717, 1.165) is 25.9 Å². The third-order valence-corrected chi connectivity index (χ3v) is 1.73. The maximum Gasteiger partial charge on any atom is 0.138 e. The molecule has 0 aliphatic carbocycles. The summed E-state index contributed by atoms with van der Waals surface area (Å²) in [6, 6.07) is 3.93. The van der Waals surface area contributed by atoms with E-state index in [0.29, 0.717) is 0 Å². The van der Waals surface area contributed by atoms with Crippen molar-refractivity contribution in [2.75, 3.05) is 19.6 Å². The molecule has 1 aromatic rings. The van der Waals surface area contributed by atoms with Crippen LogP contribution in [0.4, 0.5) is 0 Å². The van der Waals surface area contributed by atoms with Gasteiger partial charge in [-0.15, -0.1) is 0 Å². The Labute approximate surface area is 77.7 Å². The molecule has 0 aromatic carbocycles. The molecule has 72 valence electrons. The number of hydrogen-bond acceptors (Lipinski definition) is 3. The van der Waals surface area contributed by atoms with Crippen molar-refractivity contribution in [2.45, 2.75) is 6.04 Å². The quantitative estimate of drug-likeness (QED) is 0.524. The van der Waals surface area contributed by atoms with Crippen LogP contribution < -0.4 is 10.6 Å². The van der Waals surface area contributed by atoms with Gasteiger partial charge in [0.15, 0.2) is 0 Å².